The lowest BCUT2D eigenvalue weighted by atomic mass is 10.2. The fourth-order valence-electron chi connectivity index (χ4n) is 3.51. The van der Waals surface area contributed by atoms with Gasteiger partial charge in [-0.1, -0.05) is 11.6 Å². The fourth-order valence-corrected chi connectivity index (χ4v) is 4.37. The summed E-state index contributed by atoms with van der Waals surface area (Å²) >= 11 is 6.04. The van der Waals surface area contributed by atoms with Crippen LogP contribution < -0.4 is 15.2 Å². The van der Waals surface area contributed by atoms with E-state index in [-0.39, 0.29) is 44.7 Å². The quantitative estimate of drug-likeness (QED) is 0.385. The highest BCUT2D eigenvalue weighted by Crippen LogP contribution is 2.34. The molecule has 0 fully saturated rings. The molecule has 1 amide bonds. The minimum Gasteiger partial charge on any atom is -0.403 e. The Morgan fingerprint density at radius 3 is 2.51 bits per heavy atom. The van der Waals surface area contributed by atoms with Gasteiger partial charge in [-0.05, 0) is 50.2 Å². The molecule has 2 aromatic carbocycles. The average molecular weight is 534 g/mol. The van der Waals surface area contributed by atoms with Gasteiger partial charge in [0.25, 0.3) is 5.91 Å². The summed E-state index contributed by atoms with van der Waals surface area (Å²) in [7, 11) is -1.83. The summed E-state index contributed by atoms with van der Waals surface area (Å²) in [5.74, 6) is -2.40. The summed E-state index contributed by atoms with van der Waals surface area (Å²) in [6, 6.07) is 8.18. The molecule has 0 aliphatic heterocycles. The summed E-state index contributed by atoms with van der Waals surface area (Å²) in [6.45, 7) is 2.95. The minimum atomic E-state index is -5.09. The van der Waals surface area contributed by atoms with Crippen LogP contribution in [0, 0.1) is 12.7 Å². The molecule has 3 rings (SSSR count). The number of halogens is 5. The van der Waals surface area contributed by atoms with Gasteiger partial charge < -0.3 is 19.7 Å². The van der Waals surface area contributed by atoms with Crippen LogP contribution in [0.25, 0.3) is 5.69 Å². The molecule has 0 bridgehead atoms. The normalized spacial score (nSPS) is 13.4. The molecule has 3 aromatic rings. The smallest absolute Gasteiger partial charge is 0.403 e. The molecular formula is C22H20ClF4N3O4S. The zero-order valence-electron chi connectivity index (χ0n) is 18.3. The first-order valence-corrected chi connectivity index (χ1v) is 11.6. The molecule has 0 spiro atoms. The summed E-state index contributed by atoms with van der Waals surface area (Å²) in [4.78, 5) is 13.2. The van der Waals surface area contributed by atoms with E-state index in [4.69, 9.17) is 16.7 Å². The Morgan fingerprint density at radius 1 is 1.26 bits per heavy atom. The largest absolute Gasteiger partial charge is 0.573 e. The van der Waals surface area contributed by atoms with Crippen LogP contribution in [0.5, 0.6) is 5.75 Å². The molecule has 7 nitrogen and oxygen atoms in total. The van der Waals surface area contributed by atoms with Crippen molar-refractivity contribution in [3.63, 3.8) is 0 Å². The maximum Gasteiger partial charge on any atom is 0.573 e. The number of anilines is 1. The second-order valence-electron chi connectivity index (χ2n) is 7.58. The predicted molar refractivity (Wildman–Crippen MR) is 123 cm³/mol. The lowest BCUT2D eigenvalue weighted by molar-refractivity contribution is -0.274. The van der Waals surface area contributed by atoms with Gasteiger partial charge in [-0.15, -0.1) is 13.2 Å². The maximum atomic E-state index is 13.7. The van der Waals surface area contributed by atoms with Crippen molar-refractivity contribution in [2.45, 2.75) is 37.6 Å². The van der Waals surface area contributed by atoms with Crippen molar-refractivity contribution < 1.29 is 36.4 Å². The number of carbonyl (C=O) groups is 1. The Bertz CT molecular complexity index is 1290. The number of amides is 1. The van der Waals surface area contributed by atoms with Gasteiger partial charge in [0.2, 0.25) is 0 Å². The molecule has 0 radical (unpaired) electrons. The summed E-state index contributed by atoms with van der Waals surface area (Å²) < 4.78 is 69.4. The van der Waals surface area contributed by atoms with E-state index in [0.29, 0.717) is 6.07 Å². The number of nitrogens with one attached hydrogen (secondary N) is 1. The number of hydrogen-bond donors (Lipinski definition) is 3. The van der Waals surface area contributed by atoms with Gasteiger partial charge in [0.15, 0.2) is 5.75 Å². The number of hydrogen-bond acceptors (Lipinski definition) is 4. The van der Waals surface area contributed by atoms with E-state index in [9.17, 15) is 31.7 Å². The van der Waals surface area contributed by atoms with E-state index in [1.54, 1.807) is 0 Å². The molecule has 35 heavy (non-hydrogen) atoms. The second-order valence-corrected chi connectivity index (χ2v) is 9.02. The van der Waals surface area contributed by atoms with Crippen LogP contribution in [0.2, 0.25) is 5.02 Å². The van der Waals surface area contributed by atoms with Gasteiger partial charge in [0.1, 0.15) is 16.8 Å². The lowest BCUT2D eigenvalue weighted by Gasteiger charge is -2.18. The highest BCUT2D eigenvalue weighted by molar-refractivity contribution is 7.82. The Balaban J connectivity index is 2.07. The Kier molecular flexibility index (Phi) is 7.90. The van der Waals surface area contributed by atoms with Crippen molar-refractivity contribution in [2.24, 2.45) is 5.14 Å². The van der Waals surface area contributed by atoms with E-state index in [1.807, 2.05) is 0 Å². The summed E-state index contributed by atoms with van der Waals surface area (Å²) in [6.07, 6.45) is -6.03. The first-order valence-electron chi connectivity index (χ1n) is 9.99. The molecule has 1 heterocycles. The Hall–Kier alpha value is -2.93. The van der Waals surface area contributed by atoms with Gasteiger partial charge in [-0.3, -0.25) is 4.79 Å². The standard InChI is InChI=1S/C22H20ClF4N3O4S/c1-11(31)7-15-10-16(21(32)29-14-4-6-20(35(28)33)17(23)9-14)12(2)30(15)18-5-3-13(24)8-19(18)34-22(25,26)27/h3-6,8-11,31H,7,28H2,1-2H3,(H,29,32). The van der Waals surface area contributed by atoms with Crippen molar-refractivity contribution >= 4 is 34.2 Å². The molecule has 0 saturated carbocycles. The van der Waals surface area contributed by atoms with Gasteiger partial charge in [0, 0.05) is 29.6 Å². The Morgan fingerprint density at radius 2 is 1.94 bits per heavy atom. The molecule has 2 unspecified atom stereocenters. The highest BCUT2D eigenvalue weighted by atomic mass is 35.5. The van der Waals surface area contributed by atoms with E-state index >= 15 is 0 Å². The summed E-state index contributed by atoms with van der Waals surface area (Å²) in [5.41, 5.74) is 0.649. The third kappa shape index (κ3) is 6.40. The van der Waals surface area contributed by atoms with Gasteiger partial charge in [-0.25, -0.2) is 13.7 Å². The van der Waals surface area contributed by atoms with E-state index in [0.717, 1.165) is 12.1 Å². The number of carbonyl (C=O) groups excluding carboxylic acids is 1. The van der Waals surface area contributed by atoms with Gasteiger partial charge in [-0.2, -0.15) is 0 Å². The van der Waals surface area contributed by atoms with Crippen LogP contribution in [-0.4, -0.2) is 32.3 Å². The zero-order valence-corrected chi connectivity index (χ0v) is 19.9. The van der Waals surface area contributed by atoms with Crippen LogP contribution in [-0.2, 0) is 17.4 Å². The first-order chi connectivity index (χ1) is 16.3. The molecule has 0 aliphatic rings. The van der Waals surface area contributed by atoms with Gasteiger partial charge in [0.05, 0.1) is 27.3 Å². The van der Waals surface area contributed by atoms with Crippen LogP contribution in [0.15, 0.2) is 47.4 Å². The SMILES string of the molecule is Cc1c(C(=O)Nc2ccc(S(N)=O)c(Cl)c2)cc(CC(C)O)n1-c1ccc(F)cc1OC(F)(F)F. The zero-order chi connectivity index (χ0) is 26.1. The Labute approximate surface area is 205 Å². The average Bonchev–Trinajstić information content (AvgIpc) is 3.02. The number of alkyl halides is 3. The van der Waals surface area contributed by atoms with E-state index in [1.165, 1.54) is 42.7 Å². The third-order valence-corrected chi connectivity index (χ3v) is 6.08. The molecule has 4 N–H and O–H groups in total. The number of nitrogens with zero attached hydrogens (tertiary/aromatic N) is 1. The summed E-state index contributed by atoms with van der Waals surface area (Å²) in [5, 5.41) is 17.9. The second kappa shape index (κ2) is 10.4. The van der Waals surface area contributed by atoms with Gasteiger partial charge >= 0.3 is 6.36 Å². The minimum absolute atomic E-state index is 0.0280. The van der Waals surface area contributed by atoms with Crippen molar-refractivity contribution in [3.05, 3.63) is 70.3 Å². The number of ether oxygens (including phenoxy) is 1. The first kappa shape index (κ1) is 26.7. The van der Waals surface area contributed by atoms with Crippen LogP contribution in [0.1, 0.15) is 28.7 Å². The number of nitrogens with two attached hydrogens (primary N) is 1. The molecule has 0 saturated heterocycles. The van der Waals surface area contributed by atoms with E-state index < -0.39 is 40.9 Å². The number of aliphatic hydroxyl groups is 1. The third-order valence-electron chi connectivity index (χ3n) is 4.87. The number of aromatic nitrogens is 1. The lowest BCUT2D eigenvalue weighted by Crippen LogP contribution is -2.19. The molecular weight excluding hydrogens is 514 g/mol. The van der Waals surface area contributed by atoms with Crippen molar-refractivity contribution in [1.82, 2.24) is 4.57 Å². The highest BCUT2D eigenvalue weighted by Gasteiger charge is 2.33. The van der Waals surface area contributed by atoms with Crippen molar-refractivity contribution in [3.8, 4) is 11.4 Å². The molecule has 2 atom stereocenters. The van der Waals surface area contributed by atoms with Crippen LogP contribution in [0.4, 0.5) is 23.2 Å². The fraction of sp³-hybridized carbons (Fsp3) is 0.227. The van der Waals surface area contributed by atoms with Crippen LogP contribution in [0.3, 0.4) is 0 Å². The van der Waals surface area contributed by atoms with E-state index in [2.05, 4.69) is 10.1 Å². The molecule has 1 aromatic heterocycles. The monoisotopic (exact) mass is 533 g/mol. The number of aliphatic hydroxyl groups excluding tert-OH is 1. The molecule has 13 heteroatoms. The van der Waals surface area contributed by atoms with Crippen molar-refractivity contribution in [1.29, 1.82) is 0 Å². The molecule has 0 aliphatic carbocycles. The maximum absolute atomic E-state index is 13.7. The number of benzene rings is 2. The van der Waals surface area contributed by atoms with Crippen LogP contribution >= 0.6 is 11.6 Å². The number of rotatable bonds is 7. The van der Waals surface area contributed by atoms with Crippen molar-refractivity contribution in [2.75, 3.05) is 5.32 Å². The predicted octanol–water partition coefficient (Wildman–Crippen LogP) is 4.63. The molecule has 188 valence electrons. The topological polar surface area (TPSA) is 107 Å².